The van der Waals surface area contributed by atoms with Gasteiger partial charge >= 0.3 is 0 Å². The number of hydrogen-bond donors (Lipinski definition) is 1. The highest BCUT2D eigenvalue weighted by Gasteiger charge is 2.15. The number of hydrogen-bond acceptors (Lipinski definition) is 5. The summed E-state index contributed by atoms with van der Waals surface area (Å²) in [6.07, 6.45) is 0.416. The molecule has 0 radical (unpaired) electrons. The summed E-state index contributed by atoms with van der Waals surface area (Å²) in [5.41, 5.74) is 1.30. The summed E-state index contributed by atoms with van der Waals surface area (Å²) in [6, 6.07) is 14.8. The van der Waals surface area contributed by atoms with E-state index in [0.29, 0.717) is 17.4 Å². The van der Waals surface area contributed by atoms with Crippen LogP contribution in [0.3, 0.4) is 0 Å². The van der Waals surface area contributed by atoms with Crippen LogP contribution in [0.15, 0.2) is 59.1 Å². The van der Waals surface area contributed by atoms with E-state index < -0.39 is 0 Å². The fraction of sp³-hybridized carbons (Fsp3) is 0.200. The highest BCUT2D eigenvalue weighted by molar-refractivity contribution is 5.94. The normalized spacial score (nSPS) is 10.5. The predicted octanol–water partition coefficient (Wildman–Crippen LogP) is 2.91. The summed E-state index contributed by atoms with van der Waals surface area (Å²) in [4.78, 5) is 29.8. The second-order valence-electron chi connectivity index (χ2n) is 6.18. The lowest BCUT2D eigenvalue weighted by molar-refractivity contribution is -0.133. The van der Waals surface area contributed by atoms with Crippen LogP contribution in [-0.4, -0.2) is 40.4 Å². The molecule has 0 spiro atoms. The van der Waals surface area contributed by atoms with Crippen LogP contribution in [0.2, 0.25) is 0 Å². The molecular formula is C20H19FN4O3. The van der Waals surface area contributed by atoms with Gasteiger partial charge in [0.15, 0.2) is 0 Å². The molecule has 0 bridgehead atoms. The van der Waals surface area contributed by atoms with E-state index in [4.69, 9.17) is 4.52 Å². The summed E-state index contributed by atoms with van der Waals surface area (Å²) < 4.78 is 18.1. The van der Waals surface area contributed by atoms with Gasteiger partial charge in [-0.3, -0.25) is 9.59 Å². The van der Waals surface area contributed by atoms with Gasteiger partial charge in [-0.05, 0) is 24.3 Å². The number of benzene rings is 2. The van der Waals surface area contributed by atoms with E-state index in [9.17, 15) is 14.0 Å². The van der Waals surface area contributed by atoms with E-state index in [1.165, 1.54) is 36.2 Å². The highest BCUT2D eigenvalue weighted by Crippen LogP contribution is 2.15. The van der Waals surface area contributed by atoms with Gasteiger partial charge in [0.25, 0.3) is 0 Å². The molecule has 28 heavy (non-hydrogen) atoms. The Kier molecular flexibility index (Phi) is 6.11. The maximum atomic E-state index is 12.9. The molecule has 0 fully saturated rings. The zero-order valence-electron chi connectivity index (χ0n) is 15.3. The smallest absolute Gasteiger partial charge is 0.243 e. The number of likely N-dealkylation sites (N-methyl/N-ethyl adjacent to an activating group) is 1. The number of anilines is 1. The largest absolute Gasteiger partial charge is 0.339 e. The van der Waals surface area contributed by atoms with Crippen molar-refractivity contribution >= 4 is 17.5 Å². The maximum absolute atomic E-state index is 12.9. The zero-order valence-corrected chi connectivity index (χ0v) is 15.3. The molecule has 7 nitrogen and oxygen atoms in total. The fourth-order valence-corrected chi connectivity index (χ4v) is 2.50. The molecule has 0 saturated heterocycles. The SMILES string of the molecule is CN(CC(=O)Nc1ccc(F)cc1)C(=O)CCc1nc(-c2ccccc2)no1. The zero-order chi connectivity index (χ0) is 19.9. The quantitative estimate of drug-likeness (QED) is 0.679. The fourth-order valence-electron chi connectivity index (χ4n) is 2.50. The van der Waals surface area contributed by atoms with Crippen molar-refractivity contribution in [3.63, 3.8) is 0 Å². The third kappa shape index (κ3) is 5.23. The van der Waals surface area contributed by atoms with E-state index in [1.54, 1.807) is 0 Å². The summed E-state index contributed by atoms with van der Waals surface area (Å²) in [5, 5.41) is 6.52. The van der Waals surface area contributed by atoms with E-state index in [1.807, 2.05) is 30.3 Å². The van der Waals surface area contributed by atoms with Gasteiger partial charge in [0, 0.05) is 31.1 Å². The average Bonchev–Trinajstić information content (AvgIpc) is 3.17. The Bertz CT molecular complexity index is 942. The number of nitrogens with zero attached hydrogens (tertiary/aromatic N) is 3. The molecule has 1 aromatic heterocycles. The Morgan fingerprint density at radius 3 is 2.54 bits per heavy atom. The van der Waals surface area contributed by atoms with Gasteiger partial charge in [0.05, 0.1) is 6.54 Å². The van der Waals surface area contributed by atoms with Crippen LogP contribution >= 0.6 is 0 Å². The van der Waals surface area contributed by atoms with Crippen LogP contribution in [0, 0.1) is 5.82 Å². The molecule has 0 unspecified atom stereocenters. The van der Waals surface area contributed by atoms with Gasteiger partial charge in [-0.1, -0.05) is 35.5 Å². The topological polar surface area (TPSA) is 88.3 Å². The summed E-state index contributed by atoms with van der Waals surface area (Å²) in [7, 11) is 1.54. The first-order valence-electron chi connectivity index (χ1n) is 8.68. The number of rotatable bonds is 7. The molecule has 0 atom stereocenters. The number of halogens is 1. The van der Waals surface area contributed by atoms with Crippen molar-refractivity contribution < 1.29 is 18.5 Å². The Balaban J connectivity index is 1.47. The van der Waals surface area contributed by atoms with Crippen LogP contribution < -0.4 is 5.32 Å². The molecule has 0 saturated carbocycles. The number of aryl methyl sites for hydroxylation is 1. The predicted molar refractivity (Wildman–Crippen MR) is 101 cm³/mol. The average molecular weight is 382 g/mol. The molecule has 2 amide bonds. The van der Waals surface area contributed by atoms with Crippen LogP contribution in [0.4, 0.5) is 10.1 Å². The van der Waals surface area contributed by atoms with E-state index in [0.717, 1.165) is 5.56 Å². The minimum atomic E-state index is -0.387. The monoisotopic (exact) mass is 382 g/mol. The number of aromatic nitrogens is 2. The third-order valence-corrected chi connectivity index (χ3v) is 3.99. The Morgan fingerprint density at radius 2 is 1.82 bits per heavy atom. The van der Waals surface area contributed by atoms with Crippen molar-refractivity contribution in [1.82, 2.24) is 15.0 Å². The number of carbonyl (C=O) groups is 2. The number of amides is 2. The van der Waals surface area contributed by atoms with E-state index in [-0.39, 0.29) is 37.0 Å². The second-order valence-corrected chi connectivity index (χ2v) is 6.18. The second kappa shape index (κ2) is 8.90. The molecule has 0 aliphatic carbocycles. The van der Waals surface area contributed by atoms with Gasteiger partial charge in [-0.15, -0.1) is 0 Å². The molecule has 3 aromatic rings. The van der Waals surface area contributed by atoms with Crippen LogP contribution in [0.1, 0.15) is 12.3 Å². The maximum Gasteiger partial charge on any atom is 0.243 e. The first kappa shape index (κ1) is 19.2. The van der Waals surface area contributed by atoms with Crippen LogP contribution in [0.5, 0.6) is 0 Å². The van der Waals surface area contributed by atoms with Gasteiger partial charge in [-0.2, -0.15) is 4.98 Å². The Hall–Kier alpha value is -3.55. The molecular weight excluding hydrogens is 363 g/mol. The first-order valence-corrected chi connectivity index (χ1v) is 8.68. The van der Waals surface area contributed by atoms with Crippen molar-refractivity contribution in [3.05, 3.63) is 66.3 Å². The molecule has 0 aliphatic rings. The van der Waals surface area contributed by atoms with Crippen molar-refractivity contribution in [1.29, 1.82) is 0 Å². The first-order chi connectivity index (χ1) is 13.5. The molecule has 3 rings (SSSR count). The molecule has 1 N–H and O–H groups in total. The Morgan fingerprint density at radius 1 is 1.11 bits per heavy atom. The van der Waals surface area contributed by atoms with Crippen LogP contribution in [0.25, 0.3) is 11.4 Å². The van der Waals surface area contributed by atoms with E-state index in [2.05, 4.69) is 15.5 Å². The van der Waals surface area contributed by atoms with Crippen molar-refractivity contribution in [2.45, 2.75) is 12.8 Å². The molecule has 144 valence electrons. The van der Waals surface area contributed by atoms with Gasteiger partial charge in [0.1, 0.15) is 5.82 Å². The molecule has 8 heteroatoms. The highest BCUT2D eigenvalue weighted by atomic mass is 19.1. The standard InChI is InChI=1S/C20H19FN4O3/c1-25(13-17(26)22-16-9-7-15(21)8-10-16)19(27)12-11-18-23-20(24-28-18)14-5-3-2-4-6-14/h2-10H,11-13H2,1H3,(H,22,26). The van der Waals surface area contributed by atoms with Crippen molar-refractivity contribution in [2.75, 3.05) is 18.9 Å². The summed E-state index contributed by atoms with van der Waals surface area (Å²) >= 11 is 0. The van der Waals surface area contributed by atoms with E-state index >= 15 is 0 Å². The van der Waals surface area contributed by atoms with Gasteiger partial charge < -0.3 is 14.7 Å². The number of carbonyl (C=O) groups excluding carboxylic acids is 2. The lowest BCUT2D eigenvalue weighted by atomic mass is 10.2. The van der Waals surface area contributed by atoms with Gasteiger partial charge in [0.2, 0.25) is 23.5 Å². The van der Waals surface area contributed by atoms with Crippen molar-refractivity contribution in [3.8, 4) is 11.4 Å². The van der Waals surface area contributed by atoms with Crippen LogP contribution in [-0.2, 0) is 16.0 Å². The molecule has 1 heterocycles. The molecule has 2 aromatic carbocycles. The minimum absolute atomic E-state index is 0.116. The van der Waals surface area contributed by atoms with Gasteiger partial charge in [-0.25, -0.2) is 4.39 Å². The lowest BCUT2D eigenvalue weighted by Crippen LogP contribution is -2.35. The molecule has 0 aliphatic heterocycles. The Labute approximate surface area is 161 Å². The third-order valence-electron chi connectivity index (χ3n) is 3.99. The summed E-state index contributed by atoms with van der Waals surface area (Å²) in [6.45, 7) is -0.116. The summed E-state index contributed by atoms with van der Waals surface area (Å²) in [5.74, 6) is -0.159. The number of nitrogens with one attached hydrogen (secondary N) is 1. The minimum Gasteiger partial charge on any atom is -0.339 e. The lowest BCUT2D eigenvalue weighted by Gasteiger charge is -2.16. The van der Waals surface area contributed by atoms with Crippen molar-refractivity contribution in [2.24, 2.45) is 0 Å².